The van der Waals surface area contributed by atoms with Crippen LogP contribution < -0.4 is 30.5 Å². The van der Waals surface area contributed by atoms with Crippen LogP contribution in [-0.2, 0) is 0 Å². The summed E-state index contributed by atoms with van der Waals surface area (Å²) in [5.74, 6) is 0.978. The molecular formula is C62H44N2OSi. The Morgan fingerprint density at radius 1 is 0.303 bits per heavy atom. The lowest BCUT2D eigenvalue weighted by Crippen LogP contribution is -2.72. The number of nitrogens with zero attached hydrogens (tertiary/aromatic N) is 2. The molecule has 11 aromatic rings. The molecule has 10 aromatic carbocycles. The smallest absolute Gasteiger partial charge is 0.185 e. The molecule has 3 nitrogen and oxygen atoms in total. The third-order valence-corrected chi connectivity index (χ3v) is 18.0. The molecule has 0 saturated heterocycles. The van der Waals surface area contributed by atoms with Gasteiger partial charge in [0.05, 0.1) is 0 Å². The van der Waals surface area contributed by atoms with Crippen molar-refractivity contribution in [3.63, 3.8) is 0 Å². The van der Waals surface area contributed by atoms with Gasteiger partial charge in [-0.15, -0.1) is 0 Å². The van der Waals surface area contributed by atoms with E-state index in [1.807, 2.05) is 0 Å². The molecule has 0 fully saturated rings. The van der Waals surface area contributed by atoms with Crippen LogP contribution in [-0.4, -0.2) is 8.07 Å². The molecule has 0 aliphatic carbocycles. The Bertz CT molecular complexity index is 3310. The van der Waals surface area contributed by atoms with Crippen molar-refractivity contribution in [2.24, 2.45) is 0 Å². The van der Waals surface area contributed by atoms with Crippen LogP contribution in [0.2, 0.25) is 0 Å². The van der Waals surface area contributed by atoms with E-state index in [2.05, 4.69) is 277 Å². The topological polar surface area (TPSA) is 19.6 Å². The number of rotatable bonds is 10. The predicted octanol–water partition coefficient (Wildman–Crippen LogP) is 14.1. The zero-order chi connectivity index (χ0) is 43.9. The minimum atomic E-state index is -2.85. The zero-order valence-electron chi connectivity index (χ0n) is 36.2. The highest BCUT2D eigenvalue weighted by Gasteiger charge is 2.52. The van der Waals surface area contributed by atoms with Gasteiger partial charge in [0.15, 0.2) is 8.07 Å². The average Bonchev–Trinajstić information content (AvgIpc) is 3.91. The van der Waals surface area contributed by atoms with Crippen molar-refractivity contribution in [2.75, 3.05) is 9.80 Å². The minimum Gasteiger partial charge on any atom is -0.456 e. The normalized spacial score (nSPS) is 12.4. The minimum absolute atomic E-state index is 0.905. The molecule has 1 aromatic heterocycles. The summed E-state index contributed by atoms with van der Waals surface area (Å²) in [6.45, 7) is 0. The number of para-hydroxylation sites is 4. The molecule has 312 valence electrons. The molecule has 66 heavy (non-hydrogen) atoms. The van der Waals surface area contributed by atoms with E-state index in [0.29, 0.717) is 0 Å². The summed E-state index contributed by atoms with van der Waals surface area (Å²) in [5, 5.41) is 6.55. The first-order valence-electron chi connectivity index (χ1n) is 22.6. The summed E-state index contributed by atoms with van der Waals surface area (Å²) in [7, 11) is -2.85. The monoisotopic (exact) mass is 860 g/mol. The molecule has 2 heterocycles. The summed E-state index contributed by atoms with van der Waals surface area (Å²) < 4.78 is 7.23. The van der Waals surface area contributed by atoms with Crippen molar-refractivity contribution in [3.8, 4) is 33.6 Å². The van der Waals surface area contributed by atoms with E-state index in [-0.39, 0.29) is 0 Å². The number of anilines is 6. The van der Waals surface area contributed by atoms with Crippen LogP contribution in [0.3, 0.4) is 0 Å². The van der Waals surface area contributed by atoms with E-state index in [0.717, 1.165) is 67.7 Å². The second-order valence-electron chi connectivity index (χ2n) is 16.9. The first kappa shape index (κ1) is 39.2. The van der Waals surface area contributed by atoms with Gasteiger partial charge in [-0.25, -0.2) is 0 Å². The second kappa shape index (κ2) is 16.6. The van der Waals surface area contributed by atoms with Gasteiger partial charge in [-0.3, -0.25) is 0 Å². The Hall–Kier alpha value is -8.44. The van der Waals surface area contributed by atoms with E-state index < -0.39 is 8.07 Å². The van der Waals surface area contributed by atoms with Gasteiger partial charge in [0.1, 0.15) is 11.3 Å². The van der Waals surface area contributed by atoms with Crippen molar-refractivity contribution in [1.82, 2.24) is 0 Å². The van der Waals surface area contributed by atoms with Gasteiger partial charge in [0, 0.05) is 50.3 Å². The molecule has 1 aliphatic rings. The molecule has 0 bridgehead atoms. The van der Waals surface area contributed by atoms with Gasteiger partial charge in [-0.1, -0.05) is 182 Å². The van der Waals surface area contributed by atoms with E-state index in [1.165, 1.54) is 31.7 Å². The maximum Gasteiger partial charge on any atom is 0.185 e. The molecule has 0 spiro atoms. The van der Waals surface area contributed by atoms with Crippen molar-refractivity contribution < 1.29 is 4.42 Å². The number of benzene rings is 10. The number of hydrogen-bond acceptors (Lipinski definition) is 3. The maximum atomic E-state index is 7.23. The second-order valence-corrected chi connectivity index (χ2v) is 20.6. The highest BCUT2D eigenvalue weighted by Crippen LogP contribution is 2.41. The van der Waals surface area contributed by atoms with Crippen molar-refractivity contribution >= 4 is 73.9 Å². The van der Waals surface area contributed by atoms with Gasteiger partial charge in [-0.05, 0) is 123 Å². The fraction of sp³-hybridized carbons (Fsp3) is 0. The van der Waals surface area contributed by atoms with Crippen molar-refractivity contribution in [3.05, 3.63) is 267 Å². The van der Waals surface area contributed by atoms with E-state index in [4.69, 9.17) is 4.42 Å². The number of furan rings is 1. The molecule has 12 rings (SSSR count). The van der Waals surface area contributed by atoms with Gasteiger partial charge in [0.2, 0.25) is 0 Å². The van der Waals surface area contributed by atoms with Gasteiger partial charge in [0.25, 0.3) is 0 Å². The quantitative estimate of drug-likeness (QED) is 0.128. The Morgan fingerprint density at radius 2 is 0.652 bits per heavy atom. The number of hydrogen-bond donors (Lipinski definition) is 0. The van der Waals surface area contributed by atoms with Crippen molar-refractivity contribution in [2.45, 2.75) is 0 Å². The number of fused-ring (bicyclic) bond motifs is 5. The summed E-state index contributed by atoms with van der Waals surface area (Å²) in [5.41, 5.74) is 13.3. The maximum absolute atomic E-state index is 7.23. The fourth-order valence-electron chi connectivity index (χ4n) is 10.2. The molecule has 0 unspecified atom stereocenters. The molecule has 4 heteroatoms. The summed E-state index contributed by atoms with van der Waals surface area (Å²) in [6.07, 6.45) is 0. The lowest BCUT2D eigenvalue weighted by Gasteiger charge is -2.30. The SMILES string of the molecule is c1ccc(N(c2ccccc2)c2ccc(-c3ccc4c(c3)-c3oc5cc(-c6ccc(N(c7ccccc7)c7ccccc7)cc6)ccc5c3[Si]4(c3ccccc3)c3ccccc3)cc2)cc1. The van der Waals surface area contributed by atoms with E-state index in [1.54, 1.807) is 0 Å². The van der Waals surface area contributed by atoms with Crippen LogP contribution in [0.25, 0.3) is 44.5 Å². The van der Waals surface area contributed by atoms with Crippen LogP contribution >= 0.6 is 0 Å². The van der Waals surface area contributed by atoms with Crippen molar-refractivity contribution in [1.29, 1.82) is 0 Å². The third kappa shape index (κ3) is 6.66. The van der Waals surface area contributed by atoms with Gasteiger partial charge >= 0.3 is 0 Å². The molecule has 0 N–H and O–H groups in total. The lowest BCUT2D eigenvalue weighted by atomic mass is 10.0. The Kier molecular flexibility index (Phi) is 9.85. The zero-order valence-corrected chi connectivity index (χ0v) is 37.2. The van der Waals surface area contributed by atoms with E-state index >= 15 is 0 Å². The van der Waals surface area contributed by atoms with Crippen LogP contribution in [0, 0.1) is 0 Å². The summed E-state index contributed by atoms with van der Waals surface area (Å²) in [4.78, 5) is 4.60. The Balaban J connectivity index is 0.978. The Labute approximate surface area is 386 Å². The van der Waals surface area contributed by atoms with Gasteiger partial charge in [-0.2, -0.15) is 0 Å². The lowest BCUT2D eigenvalue weighted by molar-refractivity contribution is 0.635. The van der Waals surface area contributed by atoms with Crippen LogP contribution in [0.5, 0.6) is 0 Å². The van der Waals surface area contributed by atoms with Crippen LogP contribution in [0.15, 0.2) is 271 Å². The highest BCUT2D eigenvalue weighted by atomic mass is 28.3. The van der Waals surface area contributed by atoms with Crippen LogP contribution in [0.1, 0.15) is 0 Å². The average molecular weight is 861 g/mol. The molecule has 0 atom stereocenters. The highest BCUT2D eigenvalue weighted by molar-refractivity contribution is 7.23. The molecule has 0 saturated carbocycles. The van der Waals surface area contributed by atoms with Gasteiger partial charge < -0.3 is 14.2 Å². The molecule has 0 amide bonds. The first-order valence-corrected chi connectivity index (χ1v) is 24.6. The molecule has 1 aliphatic heterocycles. The largest absolute Gasteiger partial charge is 0.456 e. The standard InChI is InChI=1S/C62H44N2OSi/c1-7-19-49(20-8-1)63(50-21-9-2-10-22-50)53-37-31-45(32-38-53)47-36-42-60-58(43-47)61-62(66(60,55-27-15-5-16-28-55)56-29-17-6-18-30-56)57-41-35-48(44-59(57)65-61)46-33-39-54(40-34-46)64(51-23-11-3-12-24-51)52-25-13-4-14-26-52/h1-44H. The van der Waals surface area contributed by atoms with Crippen LogP contribution in [0.4, 0.5) is 34.1 Å². The van der Waals surface area contributed by atoms with E-state index in [9.17, 15) is 0 Å². The molecular weight excluding hydrogens is 817 g/mol. The fourth-order valence-corrected chi connectivity index (χ4v) is 15.4. The third-order valence-electron chi connectivity index (χ3n) is 13.1. The predicted molar refractivity (Wildman–Crippen MR) is 279 cm³/mol. The Morgan fingerprint density at radius 3 is 1.08 bits per heavy atom. The first-order chi connectivity index (χ1) is 32.7. The summed E-state index contributed by atoms with van der Waals surface area (Å²) >= 11 is 0. The molecule has 0 radical (unpaired) electrons. The summed E-state index contributed by atoms with van der Waals surface area (Å²) in [6, 6.07) is 96.4.